The average molecular weight is 297 g/mol. The van der Waals surface area contributed by atoms with Crippen LogP contribution in [0.5, 0.6) is 5.75 Å². The minimum Gasteiger partial charge on any atom is -0.497 e. The largest absolute Gasteiger partial charge is 0.497 e. The van der Waals surface area contributed by atoms with Crippen molar-refractivity contribution < 1.29 is 18.7 Å². The molecule has 0 saturated carbocycles. The molecule has 1 amide bonds. The lowest BCUT2D eigenvalue weighted by atomic mass is 9.93. The number of halogens is 1. The lowest BCUT2D eigenvalue weighted by Gasteiger charge is -2.24. The molecule has 1 rings (SSSR count). The van der Waals surface area contributed by atoms with Crippen molar-refractivity contribution in [1.29, 1.82) is 0 Å². The second-order valence-corrected chi connectivity index (χ2v) is 4.97. The molecule has 1 unspecified atom stereocenters. The van der Waals surface area contributed by atoms with Crippen molar-refractivity contribution in [2.45, 2.75) is 25.7 Å². The molecule has 5 heteroatoms. The zero-order chi connectivity index (χ0) is 15.7. The number of benzene rings is 1. The molecule has 0 aliphatic heterocycles. The fraction of sp³-hybridized carbons (Fsp3) is 0.562. The van der Waals surface area contributed by atoms with Crippen LogP contribution in [-0.2, 0) is 9.53 Å². The summed E-state index contributed by atoms with van der Waals surface area (Å²) in [5.41, 5.74) is 0.627. The minimum absolute atomic E-state index is 0.0250. The molecule has 0 N–H and O–H groups in total. The molecule has 0 radical (unpaired) electrons. The van der Waals surface area contributed by atoms with Gasteiger partial charge in [0.15, 0.2) is 0 Å². The van der Waals surface area contributed by atoms with Crippen molar-refractivity contribution in [2.75, 3.05) is 33.9 Å². The quantitative estimate of drug-likeness (QED) is 0.623. The SMILES string of the molecule is CCCC(CN(C=O)CCOC)c1ccc(OC)cc1F. The molecule has 4 nitrogen and oxygen atoms in total. The van der Waals surface area contributed by atoms with Gasteiger partial charge >= 0.3 is 0 Å². The van der Waals surface area contributed by atoms with Crippen LogP contribution in [0.3, 0.4) is 0 Å². The molecule has 118 valence electrons. The topological polar surface area (TPSA) is 38.8 Å². The van der Waals surface area contributed by atoms with Crippen molar-refractivity contribution in [1.82, 2.24) is 4.90 Å². The van der Waals surface area contributed by atoms with Crippen LogP contribution in [0.15, 0.2) is 18.2 Å². The maximum absolute atomic E-state index is 14.2. The first-order valence-electron chi connectivity index (χ1n) is 7.17. The van der Waals surface area contributed by atoms with Gasteiger partial charge in [-0.25, -0.2) is 4.39 Å². The van der Waals surface area contributed by atoms with Gasteiger partial charge in [0, 0.05) is 32.2 Å². The molecule has 0 spiro atoms. The fourth-order valence-electron chi connectivity index (χ4n) is 2.34. The molecular weight excluding hydrogens is 273 g/mol. The number of methoxy groups -OCH3 is 2. The molecule has 21 heavy (non-hydrogen) atoms. The Kier molecular flexibility index (Phi) is 7.75. The number of carbonyl (C=O) groups is 1. The first kappa shape index (κ1) is 17.4. The van der Waals surface area contributed by atoms with Gasteiger partial charge in [0.1, 0.15) is 11.6 Å². The molecule has 0 aromatic heterocycles. The third-order valence-corrected chi connectivity index (χ3v) is 3.47. The summed E-state index contributed by atoms with van der Waals surface area (Å²) in [5.74, 6) is 0.187. The van der Waals surface area contributed by atoms with E-state index in [-0.39, 0.29) is 11.7 Å². The van der Waals surface area contributed by atoms with Crippen LogP contribution in [0, 0.1) is 5.82 Å². The fourth-order valence-corrected chi connectivity index (χ4v) is 2.34. The molecule has 1 aromatic rings. The van der Waals surface area contributed by atoms with Gasteiger partial charge in [0.05, 0.1) is 13.7 Å². The van der Waals surface area contributed by atoms with Crippen molar-refractivity contribution in [3.63, 3.8) is 0 Å². The van der Waals surface area contributed by atoms with Crippen LogP contribution in [0.1, 0.15) is 31.2 Å². The average Bonchev–Trinajstić information content (AvgIpc) is 2.50. The van der Waals surface area contributed by atoms with Crippen LogP contribution in [0.4, 0.5) is 4.39 Å². The van der Waals surface area contributed by atoms with Gasteiger partial charge in [-0.1, -0.05) is 19.4 Å². The minimum atomic E-state index is -0.287. The molecule has 1 aromatic carbocycles. The molecular formula is C16H24FNO3. The van der Waals surface area contributed by atoms with Crippen LogP contribution in [0.2, 0.25) is 0 Å². The maximum Gasteiger partial charge on any atom is 0.209 e. The normalized spacial score (nSPS) is 12.0. The van der Waals surface area contributed by atoms with Crippen LogP contribution in [-0.4, -0.2) is 45.2 Å². The van der Waals surface area contributed by atoms with Crippen molar-refractivity contribution in [2.24, 2.45) is 0 Å². The summed E-state index contributed by atoms with van der Waals surface area (Å²) < 4.78 is 24.2. The molecule has 0 fully saturated rings. The smallest absolute Gasteiger partial charge is 0.209 e. The highest BCUT2D eigenvalue weighted by Crippen LogP contribution is 2.27. The number of carbonyl (C=O) groups excluding carboxylic acids is 1. The van der Waals surface area contributed by atoms with Crippen LogP contribution >= 0.6 is 0 Å². The second-order valence-electron chi connectivity index (χ2n) is 4.97. The summed E-state index contributed by atoms with van der Waals surface area (Å²) in [4.78, 5) is 12.8. The summed E-state index contributed by atoms with van der Waals surface area (Å²) in [6.07, 6.45) is 2.54. The van der Waals surface area contributed by atoms with Gasteiger partial charge in [0.25, 0.3) is 0 Å². The van der Waals surface area contributed by atoms with Crippen LogP contribution < -0.4 is 4.74 Å². The van der Waals surface area contributed by atoms with E-state index in [0.717, 1.165) is 19.3 Å². The van der Waals surface area contributed by atoms with E-state index in [2.05, 4.69) is 6.92 Å². The summed E-state index contributed by atoms with van der Waals surface area (Å²) in [5, 5.41) is 0. The number of amides is 1. The van der Waals surface area contributed by atoms with Crippen molar-refractivity contribution in [3.05, 3.63) is 29.6 Å². The summed E-state index contributed by atoms with van der Waals surface area (Å²) in [6, 6.07) is 4.88. The Morgan fingerprint density at radius 3 is 2.67 bits per heavy atom. The summed E-state index contributed by atoms with van der Waals surface area (Å²) in [6.45, 7) is 3.53. The number of hydrogen-bond donors (Lipinski definition) is 0. The van der Waals surface area contributed by atoms with E-state index in [1.807, 2.05) is 0 Å². The van der Waals surface area contributed by atoms with Gasteiger partial charge in [-0.3, -0.25) is 4.79 Å². The first-order valence-corrected chi connectivity index (χ1v) is 7.17. The second kappa shape index (κ2) is 9.34. The molecule has 0 bridgehead atoms. The summed E-state index contributed by atoms with van der Waals surface area (Å²) >= 11 is 0. The van der Waals surface area contributed by atoms with E-state index < -0.39 is 0 Å². The van der Waals surface area contributed by atoms with E-state index in [9.17, 15) is 9.18 Å². The third-order valence-electron chi connectivity index (χ3n) is 3.47. The lowest BCUT2D eigenvalue weighted by Crippen LogP contribution is -2.30. The Bertz CT molecular complexity index is 440. The Morgan fingerprint density at radius 1 is 1.38 bits per heavy atom. The van der Waals surface area contributed by atoms with E-state index >= 15 is 0 Å². The van der Waals surface area contributed by atoms with E-state index in [0.29, 0.717) is 31.0 Å². The number of hydrogen-bond acceptors (Lipinski definition) is 3. The standard InChI is InChI=1S/C16H24FNO3/c1-4-5-13(11-18(12-19)8-9-20-2)15-7-6-14(21-3)10-16(15)17/h6-7,10,12-13H,4-5,8-9,11H2,1-3H3. The van der Waals surface area contributed by atoms with E-state index in [4.69, 9.17) is 9.47 Å². The number of rotatable bonds is 10. The lowest BCUT2D eigenvalue weighted by molar-refractivity contribution is -0.119. The monoisotopic (exact) mass is 297 g/mol. The predicted octanol–water partition coefficient (Wildman–Crippen LogP) is 2.82. The predicted molar refractivity (Wildman–Crippen MR) is 80.1 cm³/mol. The highest BCUT2D eigenvalue weighted by atomic mass is 19.1. The van der Waals surface area contributed by atoms with E-state index in [1.54, 1.807) is 24.1 Å². The van der Waals surface area contributed by atoms with Gasteiger partial charge in [-0.2, -0.15) is 0 Å². The zero-order valence-electron chi connectivity index (χ0n) is 13.0. The molecule has 0 heterocycles. The van der Waals surface area contributed by atoms with Crippen molar-refractivity contribution in [3.8, 4) is 5.75 Å². The van der Waals surface area contributed by atoms with Gasteiger partial charge < -0.3 is 14.4 Å². The van der Waals surface area contributed by atoms with Crippen LogP contribution in [0.25, 0.3) is 0 Å². The molecule has 0 aliphatic carbocycles. The number of ether oxygens (including phenoxy) is 2. The van der Waals surface area contributed by atoms with Crippen molar-refractivity contribution >= 4 is 6.41 Å². The number of nitrogens with zero attached hydrogens (tertiary/aromatic N) is 1. The van der Waals surface area contributed by atoms with Gasteiger partial charge in [-0.15, -0.1) is 0 Å². The third kappa shape index (κ3) is 5.34. The zero-order valence-corrected chi connectivity index (χ0v) is 13.0. The Balaban J connectivity index is 2.87. The van der Waals surface area contributed by atoms with Gasteiger partial charge in [0.2, 0.25) is 6.41 Å². The Morgan fingerprint density at radius 2 is 2.14 bits per heavy atom. The van der Waals surface area contributed by atoms with E-state index in [1.165, 1.54) is 13.2 Å². The Hall–Kier alpha value is -1.62. The molecule has 1 atom stereocenters. The summed E-state index contributed by atoms with van der Waals surface area (Å²) in [7, 11) is 3.10. The Labute approximate surface area is 125 Å². The molecule has 0 saturated heterocycles. The first-order chi connectivity index (χ1) is 10.2. The van der Waals surface area contributed by atoms with Gasteiger partial charge in [-0.05, 0) is 18.1 Å². The maximum atomic E-state index is 14.2. The highest BCUT2D eigenvalue weighted by Gasteiger charge is 2.18. The molecule has 0 aliphatic rings. The highest BCUT2D eigenvalue weighted by molar-refractivity contribution is 5.47.